The summed E-state index contributed by atoms with van der Waals surface area (Å²) in [5, 5.41) is 13.0. The number of benzene rings is 1. The second-order valence-corrected chi connectivity index (χ2v) is 8.22. The molecule has 0 radical (unpaired) electrons. The molecule has 1 amide bonds. The van der Waals surface area contributed by atoms with E-state index in [0.717, 1.165) is 29.8 Å². The fraction of sp³-hybridized carbons (Fsp3) is 0.300. The topological polar surface area (TPSA) is 59.0 Å². The van der Waals surface area contributed by atoms with Gasteiger partial charge in [-0.1, -0.05) is 23.7 Å². The number of hydrogen-bond acceptors (Lipinski definition) is 4. The van der Waals surface area contributed by atoms with Gasteiger partial charge in [0, 0.05) is 36.5 Å². The molecule has 2 atom stereocenters. The highest BCUT2D eigenvalue weighted by molar-refractivity contribution is 7.12. The first kappa shape index (κ1) is 21.8. The van der Waals surface area contributed by atoms with Gasteiger partial charge in [-0.05, 0) is 36.7 Å². The molecule has 0 bridgehead atoms. The molecule has 1 aliphatic rings. The predicted molar refractivity (Wildman–Crippen MR) is 117 cm³/mol. The third-order valence-corrected chi connectivity index (χ3v) is 6.27. The number of halogens is 3. The number of amides is 1. The molecule has 3 heterocycles. The molecule has 4 rings (SSSR count). The van der Waals surface area contributed by atoms with Gasteiger partial charge < -0.3 is 10.6 Å². The van der Waals surface area contributed by atoms with Crippen LogP contribution in [0.4, 0.5) is 4.39 Å². The fourth-order valence-corrected chi connectivity index (χ4v) is 4.77. The van der Waals surface area contributed by atoms with E-state index in [1.165, 1.54) is 17.4 Å². The minimum absolute atomic E-state index is 0. The average molecular weight is 455 g/mol. The lowest BCUT2D eigenvalue weighted by Crippen LogP contribution is -2.49. The Morgan fingerprint density at radius 1 is 1.41 bits per heavy atom. The normalized spacial score (nSPS) is 18.9. The van der Waals surface area contributed by atoms with Crippen LogP contribution < -0.4 is 10.6 Å². The van der Waals surface area contributed by atoms with Crippen LogP contribution in [0.15, 0.2) is 41.9 Å². The molecule has 9 heteroatoms. The van der Waals surface area contributed by atoms with E-state index < -0.39 is 0 Å². The van der Waals surface area contributed by atoms with E-state index in [1.807, 2.05) is 24.6 Å². The highest BCUT2D eigenvalue weighted by Gasteiger charge is 2.28. The highest BCUT2D eigenvalue weighted by atomic mass is 35.5. The SMILES string of the molecule is Cl.Cn1ncc(Cl)c1-c1csc(C(=O)N[C@@H]2CNCC[C@H]2c2cccc(F)c2)c1. The molecule has 29 heavy (non-hydrogen) atoms. The van der Waals surface area contributed by atoms with Gasteiger partial charge in [0.1, 0.15) is 5.82 Å². The summed E-state index contributed by atoms with van der Waals surface area (Å²) in [5.41, 5.74) is 2.57. The summed E-state index contributed by atoms with van der Waals surface area (Å²) in [5.74, 6) is -0.312. The number of aryl methyl sites for hydroxylation is 1. The maximum atomic E-state index is 13.7. The van der Waals surface area contributed by atoms with Crippen LogP contribution in [0.5, 0.6) is 0 Å². The first-order valence-corrected chi connectivity index (χ1v) is 10.3. The van der Waals surface area contributed by atoms with E-state index in [0.29, 0.717) is 16.4 Å². The summed E-state index contributed by atoms with van der Waals surface area (Å²) >= 11 is 7.57. The smallest absolute Gasteiger partial charge is 0.261 e. The van der Waals surface area contributed by atoms with Gasteiger partial charge >= 0.3 is 0 Å². The molecule has 0 saturated carbocycles. The number of thiophene rings is 1. The molecule has 2 N–H and O–H groups in total. The molecule has 1 fully saturated rings. The van der Waals surface area contributed by atoms with Crippen molar-refractivity contribution in [2.24, 2.45) is 7.05 Å². The lowest BCUT2D eigenvalue weighted by Gasteiger charge is -2.33. The zero-order chi connectivity index (χ0) is 19.7. The second-order valence-electron chi connectivity index (χ2n) is 6.90. The van der Waals surface area contributed by atoms with Gasteiger partial charge in [0.05, 0.1) is 21.8 Å². The molecule has 5 nitrogen and oxygen atoms in total. The predicted octanol–water partition coefficient (Wildman–Crippen LogP) is 4.24. The Labute approximate surface area is 183 Å². The lowest BCUT2D eigenvalue weighted by atomic mass is 9.86. The number of hydrogen-bond donors (Lipinski definition) is 2. The van der Waals surface area contributed by atoms with Crippen LogP contribution >= 0.6 is 35.3 Å². The van der Waals surface area contributed by atoms with Gasteiger partial charge in [-0.15, -0.1) is 23.7 Å². The van der Waals surface area contributed by atoms with Gasteiger partial charge in [0.25, 0.3) is 5.91 Å². The number of carbonyl (C=O) groups excluding carboxylic acids is 1. The number of carbonyl (C=O) groups is 1. The number of nitrogens with zero attached hydrogens (tertiary/aromatic N) is 2. The van der Waals surface area contributed by atoms with Crippen molar-refractivity contribution in [1.82, 2.24) is 20.4 Å². The maximum Gasteiger partial charge on any atom is 0.261 e. The number of nitrogens with one attached hydrogen (secondary N) is 2. The molecule has 1 aliphatic heterocycles. The molecule has 3 aromatic rings. The summed E-state index contributed by atoms with van der Waals surface area (Å²) in [6.07, 6.45) is 2.43. The van der Waals surface area contributed by atoms with E-state index in [-0.39, 0.29) is 36.1 Å². The minimum Gasteiger partial charge on any atom is -0.347 e. The maximum absolute atomic E-state index is 13.7. The van der Waals surface area contributed by atoms with E-state index in [1.54, 1.807) is 23.0 Å². The Morgan fingerprint density at radius 3 is 2.97 bits per heavy atom. The molecular weight excluding hydrogens is 434 g/mol. The van der Waals surface area contributed by atoms with Crippen molar-refractivity contribution in [2.45, 2.75) is 18.4 Å². The number of rotatable bonds is 4. The van der Waals surface area contributed by atoms with Crippen LogP contribution in [0.3, 0.4) is 0 Å². The molecule has 154 valence electrons. The van der Waals surface area contributed by atoms with E-state index in [2.05, 4.69) is 15.7 Å². The molecule has 1 aromatic carbocycles. The average Bonchev–Trinajstić information content (AvgIpc) is 3.28. The standard InChI is InChI=1S/C20H20ClFN4OS.ClH/c1-26-19(16(21)9-24-26)13-8-18(28-11-13)20(27)25-17-10-23-6-5-15(17)12-3-2-4-14(22)7-12;/h2-4,7-9,11,15,17,23H,5-6,10H2,1H3,(H,25,27);1H/t15-,17+;/m0./s1. The van der Waals surface area contributed by atoms with Crippen LogP contribution in [0.25, 0.3) is 11.3 Å². The number of aromatic nitrogens is 2. The van der Waals surface area contributed by atoms with Gasteiger partial charge in [-0.2, -0.15) is 5.10 Å². The van der Waals surface area contributed by atoms with E-state index in [4.69, 9.17) is 11.6 Å². The molecule has 2 aromatic heterocycles. The summed E-state index contributed by atoms with van der Waals surface area (Å²) in [6.45, 7) is 1.49. The van der Waals surface area contributed by atoms with Crippen LogP contribution in [0.2, 0.25) is 5.02 Å². The molecular formula is C20H21Cl2FN4OS. The van der Waals surface area contributed by atoms with Crippen molar-refractivity contribution in [3.63, 3.8) is 0 Å². The van der Waals surface area contributed by atoms with E-state index in [9.17, 15) is 9.18 Å². The Balaban J connectivity index is 0.00000240. The lowest BCUT2D eigenvalue weighted by molar-refractivity contribution is 0.0928. The van der Waals surface area contributed by atoms with Crippen LogP contribution in [0.1, 0.15) is 27.6 Å². The first-order chi connectivity index (χ1) is 13.5. The van der Waals surface area contributed by atoms with Gasteiger partial charge in [0.15, 0.2) is 0 Å². The van der Waals surface area contributed by atoms with Crippen molar-refractivity contribution in [1.29, 1.82) is 0 Å². The fourth-order valence-electron chi connectivity index (χ4n) is 3.70. The molecule has 0 unspecified atom stereocenters. The third kappa shape index (κ3) is 4.64. The van der Waals surface area contributed by atoms with Crippen LogP contribution in [-0.4, -0.2) is 34.8 Å². The van der Waals surface area contributed by atoms with E-state index >= 15 is 0 Å². The van der Waals surface area contributed by atoms with Crippen molar-refractivity contribution in [3.05, 3.63) is 63.2 Å². The van der Waals surface area contributed by atoms with Crippen molar-refractivity contribution in [3.8, 4) is 11.3 Å². The van der Waals surface area contributed by atoms with Crippen molar-refractivity contribution < 1.29 is 9.18 Å². The zero-order valence-electron chi connectivity index (χ0n) is 15.7. The Bertz CT molecular complexity index is 987. The van der Waals surface area contributed by atoms with Gasteiger partial charge in [-0.25, -0.2) is 4.39 Å². The Morgan fingerprint density at radius 2 is 2.24 bits per heavy atom. The molecule has 0 aliphatic carbocycles. The van der Waals surface area contributed by atoms with Crippen molar-refractivity contribution in [2.75, 3.05) is 13.1 Å². The monoisotopic (exact) mass is 454 g/mol. The Hall–Kier alpha value is -1.93. The molecule has 0 spiro atoms. The highest BCUT2D eigenvalue weighted by Crippen LogP contribution is 2.31. The number of piperidine rings is 1. The quantitative estimate of drug-likeness (QED) is 0.619. The first-order valence-electron chi connectivity index (χ1n) is 9.06. The van der Waals surface area contributed by atoms with Gasteiger partial charge in [-0.3, -0.25) is 9.48 Å². The largest absolute Gasteiger partial charge is 0.347 e. The van der Waals surface area contributed by atoms with Gasteiger partial charge in [0.2, 0.25) is 0 Å². The van der Waals surface area contributed by atoms with Crippen LogP contribution in [0, 0.1) is 5.82 Å². The van der Waals surface area contributed by atoms with Crippen LogP contribution in [-0.2, 0) is 7.05 Å². The second kappa shape index (κ2) is 9.26. The summed E-state index contributed by atoms with van der Waals surface area (Å²) < 4.78 is 15.4. The van der Waals surface area contributed by atoms with Crippen molar-refractivity contribution >= 4 is 41.3 Å². The minimum atomic E-state index is -0.253. The Kier molecular flexibility index (Phi) is 6.95. The zero-order valence-corrected chi connectivity index (χ0v) is 18.1. The molecule has 1 saturated heterocycles. The summed E-state index contributed by atoms with van der Waals surface area (Å²) in [7, 11) is 1.82. The third-order valence-electron chi connectivity index (χ3n) is 5.07. The summed E-state index contributed by atoms with van der Waals surface area (Å²) in [4.78, 5) is 13.5. The summed E-state index contributed by atoms with van der Waals surface area (Å²) in [6, 6.07) is 8.36.